The maximum atomic E-state index is 12.3. The maximum Gasteiger partial charge on any atom is 0.239 e. The molecule has 18 heavy (non-hydrogen) atoms. The minimum Gasteiger partial charge on any atom is -0.340 e. The van der Waals surface area contributed by atoms with E-state index in [4.69, 9.17) is 5.73 Å². The lowest BCUT2D eigenvalue weighted by Crippen LogP contribution is -2.47. The summed E-state index contributed by atoms with van der Waals surface area (Å²) in [7, 11) is 2.20. The van der Waals surface area contributed by atoms with Crippen molar-refractivity contribution < 1.29 is 4.79 Å². The van der Waals surface area contributed by atoms with Gasteiger partial charge in [-0.25, -0.2) is 0 Å². The minimum atomic E-state index is -0.306. The minimum absolute atomic E-state index is 0.157. The molecule has 0 aromatic heterocycles. The molecule has 0 aromatic carbocycles. The Labute approximate surface area is 114 Å². The third kappa shape index (κ3) is 3.00. The molecule has 2 N–H and O–H groups in total. The van der Waals surface area contributed by atoms with E-state index in [1.807, 2.05) is 4.90 Å². The number of likely N-dealkylation sites (tertiary alicyclic amines) is 1. The molecule has 2 aliphatic heterocycles. The standard InChI is InChI=1S/C13H25N3OS/c1-15-10-3-4-11(15)9-16(7-5-10)13(17)12(14)6-8-18-2/h10-12H,3-9,14H2,1-2H3/t10?,11?,12-/m0/s1. The lowest BCUT2D eigenvalue weighted by atomic mass is 10.1. The normalized spacial score (nSPS) is 30.3. The number of carbonyl (C=O) groups excluding carboxylic acids is 1. The SMILES string of the molecule is CSCC[C@H](N)C(=O)N1CCC2CCC(C1)N2C. The summed E-state index contributed by atoms with van der Waals surface area (Å²) in [6, 6.07) is 0.920. The molecule has 0 radical (unpaired) electrons. The molecule has 2 saturated heterocycles. The van der Waals surface area contributed by atoms with Gasteiger partial charge in [0.2, 0.25) is 5.91 Å². The Balaban J connectivity index is 1.91. The van der Waals surface area contributed by atoms with Gasteiger partial charge in [-0.1, -0.05) is 0 Å². The molecule has 5 heteroatoms. The van der Waals surface area contributed by atoms with Crippen LogP contribution in [0.25, 0.3) is 0 Å². The van der Waals surface area contributed by atoms with Crippen LogP contribution in [0.15, 0.2) is 0 Å². The largest absolute Gasteiger partial charge is 0.340 e. The molecule has 2 aliphatic rings. The lowest BCUT2D eigenvalue weighted by Gasteiger charge is -2.28. The van der Waals surface area contributed by atoms with Crippen molar-refractivity contribution in [3.8, 4) is 0 Å². The molecule has 2 bridgehead atoms. The van der Waals surface area contributed by atoms with E-state index in [-0.39, 0.29) is 11.9 Å². The Morgan fingerprint density at radius 3 is 2.83 bits per heavy atom. The fourth-order valence-corrected chi connectivity index (χ4v) is 3.60. The number of carbonyl (C=O) groups is 1. The van der Waals surface area contributed by atoms with Crippen molar-refractivity contribution in [2.24, 2.45) is 5.73 Å². The monoisotopic (exact) mass is 271 g/mol. The molecular formula is C13H25N3OS. The highest BCUT2D eigenvalue weighted by atomic mass is 32.2. The second-order valence-electron chi connectivity index (χ2n) is 5.51. The molecule has 4 nitrogen and oxygen atoms in total. The van der Waals surface area contributed by atoms with Crippen LogP contribution in [0.5, 0.6) is 0 Å². The number of nitrogens with zero attached hydrogens (tertiary/aromatic N) is 2. The molecule has 2 unspecified atom stereocenters. The van der Waals surface area contributed by atoms with Crippen molar-refractivity contribution in [1.82, 2.24) is 9.80 Å². The van der Waals surface area contributed by atoms with Crippen LogP contribution in [0.2, 0.25) is 0 Å². The fourth-order valence-electron chi connectivity index (χ4n) is 3.11. The zero-order valence-corrected chi connectivity index (χ0v) is 12.3. The van der Waals surface area contributed by atoms with E-state index in [9.17, 15) is 4.79 Å². The summed E-state index contributed by atoms with van der Waals surface area (Å²) in [6.45, 7) is 1.76. The first-order valence-electron chi connectivity index (χ1n) is 6.88. The Morgan fingerprint density at radius 2 is 2.11 bits per heavy atom. The van der Waals surface area contributed by atoms with E-state index in [1.54, 1.807) is 11.8 Å². The van der Waals surface area contributed by atoms with Gasteiger partial charge >= 0.3 is 0 Å². The van der Waals surface area contributed by atoms with Gasteiger partial charge in [0.15, 0.2) is 0 Å². The Hall–Kier alpha value is -0.260. The van der Waals surface area contributed by atoms with Gasteiger partial charge < -0.3 is 10.6 Å². The van der Waals surface area contributed by atoms with E-state index >= 15 is 0 Å². The zero-order chi connectivity index (χ0) is 13.1. The van der Waals surface area contributed by atoms with Crippen LogP contribution in [0.4, 0.5) is 0 Å². The molecule has 3 atom stereocenters. The van der Waals surface area contributed by atoms with Crippen molar-refractivity contribution in [3.63, 3.8) is 0 Å². The molecule has 1 amide bonds. The quantitative estimate of drug-likeness (QED) is 0.820. The zero-order valence-electron chi connectivity index (χ0n) is 11.5. The Morgan fingerprint density at radius 1 is 1.39 bits per heavy atom. The van der Waals surface area contributed by atoms with Crippen molar-refractivity contribution in [2.45, 2.75) is 43.8 Å². The number of hydrogen-bond acceptors (Lipinski definition) is 4. The summed E-state index contributed by atoms with van der Waals surface area (Å²) < 4.78 is 0. The third-order valence-electron chi connectivity index (χ3n) is 4.41. The highest BCUT2D eigenvalue weighted by molar-refractivity contribution is 7.98. The average molecular weight is 271 g/mol. The summed E-state index contributed by atoms with van der Waals surface area (Å²) in [5, 5.41) is 0. The van der Waals surface area contributed by atoms with Crippen molar-refractivity contribution in [2.75, 3.05) is 32.1 Å². The lowest BCUT2D eigenvalue weighted by molar-refractivity contribution is -0.133. The topological polar surface area (TPSA) is 49.6 Å². The summed E-state index contributed by atoms with van der Waals surface area (Å²) in [6.07, 6.45) is 6.47. The van der Waals surface area contributed by atoms with Crippen LogP contribution in [0.1, 0.15) is 25.7 Å². The predicted octanol–water partition coefficient (Wildman–Crippen LogP) is 0.762. The average Bonchev–Trinajstić information content (AvgIpc) is 2.59. The summed E-state index contributed by atoms with van der Waals surface area (Å²) >= 11 is 1.75. The van der Waals surface area contributed by atoms with Crippen LogP contribution in [0, 0.1) is 0 Å². The second-order valence-corrected chi connectivity index (χ2v) is 6.50. The van der Waals surface area contributed by atoms with Gasteiger partial charge in [0.25, 0.3) is 0 Å². The van der Waals surface area contributed by atoms with Crippen LogP contribution >= 0.6 is 11.8 Å². The fraction of sp³-hybridized carbons (Fsp3) is 0.923. The van der Waals surface area contributed by atoms with Gasteiger partial charge in [0.05, 0.1) is 6.04 Å². The van der Waals surface area contributed by atoms with Gasteiger partial charge in [0, 0.05) is 25.2 Å². The third-order valence-corrected chi connectivity index (χ3v) is 5.05. The second kappa shape index (κ2) is 6.26. The summed E-state index contributed by atoms with van der Waals surface area (Å²) in [4.78, 5) is 16.8. The van der Waals surface area contributed by atoms with Crippen LogP contribution in [-0.2, 0) is 4.79 Å². The smallest absolute Gasteiger partial charge is 0.239 e. The number of nitrogens with two attached hydrogens (primary N) is 1. The Kier molecular flexibility index (Phi) is 4.92. The highest BCUT2D eigenvalue weighted by Gasteiger charge is 2.36. The number of fused-ring (bicyclic) bond motifs is 2. The van der Waals surface area contributed by atoms with E-state index in [1.165, 1.54) is 12.8 Å². The van der Waals surface area contributed by atoms with Crippen molar-refractivity contribution in [3.05, 3.63) is 0 Å². The van der Waals surface area contributed by atoms with Crippen LogP contribution in [-0.4, -0.2) is 66.0 Å². The van der Waals surface area contributed by atoms with Gasteiger partial charge in [-0.3, -0.25) is 9.69 Å². The number of thioether (sulfide) groups is 1. The molecule has 0 aromatic rings. The van der Waals surface area contributed by atoms with Crippen molar-refractivity contribution >= 4 is 17.7 Å². The molecular weight excluding hydrogens is 246 g/mol. The summed E-state index contributed by atoms with van der Waals surface area (Å²) in [5.74, 6) is 1.12. The van der Waals surface area contributed by atoms with Gasteiger partial charge in [-0.05, 0) is 44.7 Å². The van der Waals surface area contributed by atoms with E-state index in [0.29, 0.717) is 12.1 Å². The van der Waals surface area contributed by atoms with E-state index in [0.717, 1.165) is 31.7 Å². The maximum absolute atomic E-state index is 12.3. The molecule has 2 heterocycles. The van der Waals surface area contributed by atoms with Crippen LogP contribution in [0.3, 0.4) is 0 Å². The Bertz CT molecular complexity index is 300. The van der Waals surface area contributed by atoms with Gasteiger partial charge in [-0.15, -0.1) is 0 Å². The van der Waals surface area contributed by atoms with Crippen LogP contribution < -0.4 is 5.73 Å². The van der Waals surface area contributed by atoms with Gasteiger partial charge in [0.1, 0.15) is 0 Å². The molecule has 2 fully saturated rings. The molecule has 104 valence electrons. The number of amides is 1. The number of rotatable bonds is 4. The van der Waals surface area contributed by atoms with E-state index < -0.39 is 0 Å². The predicted molar refractivity (Wildman–Crippen MR) is 76.7 cm³/mol. The molecule has 0 saturated carbocycles. The first kappa shape index (κ1) is 14.2. The highest BCUT2D eigenvalue weighted by Crippen LogP contribution is 2.28. The summed E-state index contributed by atoms with van der Waals surface area (Å²) in [5.41, 5.74) is 6.00. The number of hydrogen-bond donors (Lipinski definition) is 1. The molecule has 0 spiro atoms. The number of likely N-dealkylation sites (N-methyl/N-ethyl adjacent to an activating group) is 1. The van der Waals surface area contributed by atoms with Crippen molar-refractivity contribution in [1.29, 1.82) is 0 Å². The first-order valence-corrected chi connectivity index (χ1v) is 8.28. The van der Waals surface area contributed by atoms with Gasteiger partial charge in [-0.2, -0.15) is 11.8 Å². The van der Waals surface area contributed by atoms with E-state index in [2.05, 4.69) is 18.2 Å². The first-order chi connectivity index (χ1) is 8.63. The molecule has 2 rings (SSSR count). The molecule has 0 aliphatic carbocycles.